The molecule has 0 spiro atoms. The fourth-order valence-electron chi connectivity index (χ4n) is 4.30. The standard InChI is InChI=1S/C24H31F2N3O3/c1-5-29-21(13-20(27-29)16(3)4)22(30)28-11-7-10-24(15-28,23(31)32-6-2)14-17-8-9-18(25)12-19(17)26/h8-9,12-13,16H,5-7,10-11,14-15H2,1-4H3/t24-/m1/s1. The number of likely N-dealkylation sites (tertiary alicyclic amines) is 1. The van der Waals surface area contributed by atoms with Crippen molar-refractivity contribution in [1.29, 1.82) is 0 Å². The Labute approximate surface area is 187 Å². The van der Waals surface area contributed by atoms with Gasteiger partial charge in [0.2, 0.25) is 0 Å². The second kappa shape index (κ2) is 9.79. The lowest BCUT2D eigenvalue weighted by Crippen LogP contribution is -2.52. The summed E-state index contributed by atoms with van der Waals surface area (Å²) in [5.74, 6) is -1.88. The molecule has 0 aliphatic carbocycles. The molecule has 2 heterocycles. The fraction of sp³-hybridized carbons (Fsp3) is 0.542. The highest BCUT2D eigenvalue weighted by Crippen LogP contribution is 2.37. The highest BCUT2D eigenvalue weighted by atomic mass is 19.1. The number of carbonyl (C=O) groups is 2. The molecule has 1 aliphatic heterocycles. The molecule has 2 aromatic rings. The van der Waals surface area contributed by atoms with Crippen molar-refractivity contribution in [3.05, 3.63) is 52.9 Å². The van der Waals surface area contributed by atoms with Gasteiger partial charge in [0, 0.05) is 25.7 Å². The molecule has 0 radical (unpaired) electrons. The van der Waals surface area contributed by atoms with Gasteiger partial charge in [-0.2, -0.15) is 5.10 Å². The maximum absolute atomic E-state index is 14.4. The Morgan fingerprint density at radius 2 is 1.97 bits per heavy atom. The molecule has 0 bridgehead atoms. The summed E-state index contributed by atoms with van der Waals surface area (Å²) >= 11 is 0. The predicted octanol–water partition coefficient (Wildman–Crippen LogP) is 4.33. The van der Waals surface area contributed by atoms with Crippen LogP contribution in [0.1, 0.15) is 68.2 Å². The highest BCUT2D eigenvalue weighted by molar-refractivity contribution is 5.93. The van der Waals surface area contributed by atoms with Gasteiger partial charge < -0.3 is 9.64 Å². The van der Waals surface area contributed by atoms with Gasteiger partial charge in [0.1, 0.15) is 17.3 Å². The van der Waals surface area contributed by atoms with Crippen LogP contribution in [0.3, 0.4) is 0 Å². The summed E-state index contributed by atoms with van der Waals surface area (Å²) in [5, 5.41) is 4.53. The second-order valence-electron chi connectivity index (χ2n) is 8.67. The Balaban J connectivity index is 1.93. The Kier molecular flexibility index (Phi) is 7.31. The van der Waals surface area contributed by atoms with E-state index in [0.29, 0.717) is 31.6 Å². The molecule has 0 unspecified atom stereocenters. The molecule has 1 aliphatic rings. The van der Waals surface area contributed by atoms with E-state index in [1.807, 2.05) is 20.8 Å². The average Bonchev–Trinajstić information content (AvgIpc) is 3.20. The van der Waals surface area contributed by atoms with E-state index in [4.69, 9.17) is 4.74 Å². The normalized spacial score (nSPS) is 18.8. The third-order valence-electron chi connectivity index (χ3n) is 6.03. The van der Waals surface area contributed by atoms with Crippen molar-refractivity contribution in [3.8, 4) is 0 Å². The summed E-state index contributed by atoms with van der Waals surface area (Å²) in [6.07, 6.45) is 1.06. The number of amides is 1. The van der Waals surface area contributed by atoms with Crippen molar-refractivity contribution in [2.45, 2.75) is 59.4 Å². The number of piperidine rings is 1. The van der Waals surface area contributed by atoms with Gasteiger partial charge in [-0.15, -0.1) is 0 Å². The zero-order valence-electron chi connectivity index (χ0n) is 19.2. The zero-order valence-corrected chi connectivity index (χ0v) is 19.2. The molecule has 1 aromatic carbocycles. The summed E-state index contributed by atoms with van der Waals surface area (Å²) < 4.78 is 34.9. The van der Waals surface area contributed by atoms with E-state index in [0.717, 1.165) is 11.8 Å². The fourth-order valence-corrected chi connectivity index (χ4v) is 4.30. The molecule has 32 heavy (non-hydrogen) atoms. The Morgan fingerprint density at radius 3 is 2.59 bits per heavy atom. The van der Waals surface area contributed by atoms with Crippen molar-refractivity contribution < 1.29 is 23.1 Å². The van der Waals surface area contributed by atoms with Gasteiger partial charge in [-0.25, -0.2) is 8.78 Å². The number of halogens is 2. The third-order valence-corrected chi connectivity index (χ3v) is 6.03. The summed E-state index contributed by atoms with van der Waals surface area (Å²) in [7, 11) is 0. The van der Waals surface area contributed by atoms with Crippen molar-refractivity contribution in [2.24, 2.45) is 5.41 Å². The van der Waals surface area contributed by atoms with E-state index in [1.165, 1.54) is 12.1 Å². The van der Waals surface area contributed by atoms with Crippen LogP contribution in [-0.2, 0) is 22.5 Å². The van der Waals surface area contributed by atoms with Gasteiger partial charge >= 0.3 is 5.97 Å². The molecule has 6 nitrogen and oxygen atoms in total. The van der Waals surface area contributed by atoms with Crippen LogP contribution >= 0.6 is 0 Å². The quantitative estimate of drug-likeness (QED) is 0.593. The molecule has 3 rings (SSSR count). The summed E-state index contributed by atoms with van der Waals surface area (Å²) in [5.41, 5.74) is 0.441. The van der Waals surface area contributed by atoms with Gasteiger partial charge in [0.15, 0.2) is 0 Å². The first kappa shape index (κ1) is 23.9. The molecule has 1 aromatic heterocycles. The Bertz CT molecular complexity index is 989. The van der Waals surface area contributed by atoms with Crippen LogP contribution in [0.4, 0.5) is 8.78 Å². The summed E-state index contributed by atoms with van der Waals surface area (Å²) in [6, 6.07) is 5.15. The van der Waals surface area contributed by atoms with Gasteiger partial charge in [0.25, 0.3) is 5.91 Å². The number of aromatic nitrogens is 2. The molecule has 1 fully saturated rings. The SMILES string of the molecule is CCOC(=O)[C@@]1(Cc2ccc(F)cc2F)CCCN(C(=O)c2cc(C(C)C)nn2CC)C1. The Hall–Kier alpha value is -2.77. The number of rotatable bonds is 7. The van der Waals surface area contributed by atoms with Crippen molar-refractivity contribution >= 4 is 11.9 Å². The number of aryl methyl sites for hydroxylation is 1. The molecule has 8 heteroatoms. The summed E-state index contributed by atoms with van der Waals surface area (Å²) in [6.45, 7) is 8.98. The van der Waals surface area contributed by atoms with Crippen LogP contribution in [0.2, 0.25) is 0 Å². The molecule has 174 valence electrons. The van der Waals surface area contributed by atoms with Gasteiger partial charge in [-0.1, -0.05) is 19.9 Å². The van der Waals surface area contributed by atoms with E-state index in [2.05, 4.69) is 5.10 Å². The van der Waals surface area contributed by atoms with Crippen LogP contribution in [0.25, 0.3) is 0 Å². The van der Waals surface area contributed by atoms with Crippen LogP contribution in [-0.4, -0.2) is 46.3 Å². The number of nitrogens with zero attached hydrogens (tertiary/aromatic N) is 3. The minimum absolute atomic E-state index is 0.0337. The first-order valence-corrected chi connectivity index (χ1v) is 11.2. The maximum atomic E-state index is 14.4. The molecule has 0 N–H and O–H groups in total. The number of hydrogen-bond donors (Lipinski definition) is 0. The topological polar surface area (TPSA) is 64.4 Å². The van der Waals surface area contributed by atoms with Crippen LogP contribution in [0, 0.1) is 17.0 Å². The minimum atomic E-state index is -1.10. The predicted molar refractivity (Wildman–Crippen MR) is 116 cm³/mol. The van der Waals surface area contributed by atoms with E-state index < -0.39 is 23.0 Å². The smallest absolute Gasteiger partial charge is 0.314 e. The first-order chi connectivity index (χ1) is 15.2. The van der Waals surface area contributed by atoms with Gasteiger partial charge in [-0.3, -0.25) is 14.3 Å². The van der Waals surface area contributed by atoms with E-state index in [-0.39, 0.29) is 37.0 Å². The number of hydrogen-bond acceptors (Lipinski definition) is 4. The average molecular weight is 448 g/mol. The van der Waals surface area contributed by atoms with Crippen LogP contribution < -0.4 is 0 Å². The number of ether oxygens (including phenoxy) is 1. The highest BCUT2D eigenvalue weighted by Gasteiger charge is 2.45. The summed E-state index contributed by atoms with van der Waals surface area (Å²) in [4.78, 5) is 28.1. The van der Waals surface area contributed by atoms with Crippen LogP contribution in [0.15, 0.2) is 24.3 Å². The molecular formula is C24H31F2N3O3. The lowest BCUT2D eigenvalue weighted by atomic mass is 9.74. The number of esters is 1. The Morgan fingerprint density at radius 1 is 1.22 bits per heavy atom. The monoisotopic (exact) mass is 447 g/mol. The van der Waals surface area contributed by atoms with Crippen molar-refractivity contribution in [2.75, 3.05) is 19.7 Å². The third kappa shape index (κ3) is 4.84. The second-order valence-corrected chi connectivity index (χ2v) is 8.67. The number of carbonyl (C=O) groups excluding carboxylic acids is 2. The minimum Gasteiger partial charge on any atom is -0.466 e. The lowest BCUT2D eigenvalue weighted by Gasteiger charge is -2.41. The molecule has 0 saturated carbocycles. The van der Waals surface area contributed by atoms with Gasteiger partial charge in [-0.05, 0) is 56.7 Å². The molecule has 1 amide bonds. The van der Waals surface area contributed by atoms with Crippen molar-refractivity contribution in [3.63, 3.8) is 0 Å². The van der Waals surface area contributed by atoms with Crippen LogP contribution in [0.5, 0.6) is 0 Å². The molecule has 1 atom stereocenters. The van der Waals surface area contributed by atoms with Crippen molar-refractivity contribution in [1.82, 2.24) is 14.7 Å². The maximum Gasteiger partial charge on any atom is 0.314 e. The van der Waals surface area contributed by atoms with E-state index in [1.54, 1.807) is 22.6 Å². The van der Waals surface area contributed by atoms with Gasteiger partial charge in [0.05, 0.1) is 17.7 Å². The van der Waals surface area contributed by atoms with E-state index >= 15 is 0 Å². The lowest BCUT2D eigenvalue weighted by molar-refractivity contribution is -0.158. The van der Waals surface area contributed by atoms with E-state index in [9.17, 15) is 18.4 Å². The molecular weight excluding hydrogens is 416 g/mol. The zero-order chi connectivity index (χ0) is 23.5. The first-order valence-electron chi connectivity index (χ1n) is 11.2. The molecule has 1 saturated heterocycles. The largest absolute Gasteiger partial charge is 0.466 e. The number of benzene rings is 1.